The summed E-state index contributed by atoms with van der Waals surface area (Å²) in [6, 6.07) is 17.5. The van der Waals surface area contributed by atoms with E-state index in [1.165, 1.54) is 24.3 Å². The second kappa shape index (κ2) is 11.5. The van der Waals surface area contributed by atoms with Crippen LogP contribution in [0.2, 0.25) is 0 Å². The number of carbonyl (C=O) groups is 2. The second-order valence-electron chi connectivity index (χ2n) is 7.06. The number of methoxy groups -OCH3 is 2. The molecule has 0 aliphatic heterocycles. The summed E-state index contributed by atoms with van der Waals surface area (Å²) in [4.78, 5) is 24.3. The topological polar surface area (TPSA) is 85.9 Å². The fourth-order valence-corrected chi connectivity index (χ4v) is 3.02. The first kappa shape index (κ1) is 23.6. The van der Waals surface area contributed by atoms with Crippen LogP contribution in [0.4, 0.5) is 10.1 Å². The molecule has 0 aliphatic rings. The first-order valence-corrected chi connectivity index (χ1v) is 10.3. The third kappa shape index (κ3) is 6.96. The van der Waals surface area contributed by atoms with E-state index in [9.17, 15) is 14.0 Å². The maximum absolute atomic E-state index is 13.0. The molecule has 0 fully saturated rings. The van der Waals surface area contributed by atoms with Gasteiger partial charge in [-0.25, -0.2) is 4.39 Å². The van der Waals surface area contributed by atoms with Crippen LogP contribution in [0.3, 0.4) is 0 Å². The lowest BCUT2D eigenvalue weighted by molar-refractivity contribution is -0.123. The second-order valence-corrected chi connectivity index (χ2v) is 7.06. The summed E-state index contributed by atoms with van der Waals surface area (Å²) in [7, 11) is 3.15. The lowest BCUT2D eigenvalue weighted by Crippen LogP contribution is -2.30. The first-order chi connectivity index (χ1) is 16.0. The number of carbonyl (C=O) groups excluding carboxylic acids is 2. The van der Waals surface area contributed by atoms with E-state index in [-0.39, 0.29) is 24.2 Å². The highest BCUT2D eigenvalue weighted by Crippen LogP contribution is 2.27. The quantitative estimate of drug-likeness (QED) is 0.488. The fraction of sp³-hybridized carbons (Fsp3) is 0.200. The smallest absolute Gasteiger partial charge is 0.257 e. The van der Waals surface area contributed by atoms with Crippen LogP contribution in [0.5, 0.6) is 17.2 Å². The monoisotopic (exact) mass is 452 g/mol. The zero-order chi connectivity index (χ0) is 23.6. The van der Waals surface area contributed by atoms with Gasteiger partial charge in [-0.1, -0.05) is 6.07 Å². The van der Waals surface area contributed by atoms with E-state index in [4.69, 9.17) is 14.2 Å². The molecule has 0 atom stereocenters. The fourth-order valence-electron chi connectivity index (χ4n) is 3.02. The molecule has 0 heterocycles. The Morgan fingerprint density at radius 1 is 0.879 bits per heavy atom. The first-order valence-electron chi connectivity index (χ1n) is 10.3. The van der Waals surface area contributed by atoms with Crippen molar-refractivity contribution < 1.29 is 28.2 Å². The molecule has 3 aromatic rings. The lowest BCUT2D eigenvalue weighted by Gasteiger charge is -2.11. The minimum absolute atomic E-state index is 0.146. The number of rotatable bonds is 10. The number of hydrogen-bond donors (Lipinski definition) is 2. The number of ether oxygens (including phenoxy) is 3. The van der Waals surface area contributed by atoms with Gasteiger partial charge in [-0.3, -0.25) is 9.59 Å². The predicted molar refractivity (Wildman–Crippen MR) is 123 cm³/mol. The van der Waals surface area contributed by atoms with Gasteiger partial charge in [0.05, 0.1) is 14.2 Å². The van der Waals surface area contributed by atoms with Gasteiger partial charge < -0.3 is 24.8 Å². The number of anilines is 1. The summed E-state index contributed by atoms with van der Waals surface area (Å²) in [5.74, 6) is 0.787. The summed E-state index contributed by atoms with van der Waals surface area (Å²) in [6.45, 7) is 0.299. The third-order valence-corrected chi connectivity index (χ3v) is 4.77. The molecule has 172 valence electrons. The van der Waals surface area contributed by atoms with E-state index in [0.29, 0.717) is 41.5 Å². The number of nitrogens with one attached hydrogen (secondary N) is 2. The van der Waals surface area contributed by atoms with Crippen molar-refractivity contribution in [2.24, 2.45) is 0 Å². The summed E-state index contributed by atoms with van der Waals surface area (Å²) in [5, 5.41) is 5.48. The maximum atomic E-state index is 13.0. The zero-order valence-corrected chi connectivity index (χ0v) is 18.4. The molecule has 0 radical (unpaired) electrons. The lowest BCUT2D eigenvalue weighted by atomic mass is 10.1. The van der Waals surface area contributed by atoms with E-state index >= 15 is 0 Å². The molecule has 2 N–H and O–H groups in total. The van der Waals surface area contributed by atoms with Crippen molar-refractivity contribution in [1.29, 1.82) is 0 Å². The molecule has 3 aromatic carbocycles. The molecule has 2 amide bonds. The van der Waals surface area contributed by atoms with E-state index < -0.39 is 0 Å². The van der Waals surface area contributed by atoms with Gasteiger partial charge >= 0.3 is 0 Å². The molecular weight excluding hydrogens is 427 g/mol. The van der Waals surface area contributed by atoms with Crippen LogP contribution in [0.25, 0.3) is 0 Å². The molecule has 3 rings (SSSR count). The van der Waals surface area contributed by atoms with Crippen molar-refractivity contribution in [3.05, 3.63) is 83.7 Å². The van der Waals surface area contributed by atoms with Gasteiger partial charge in [-0.05, 0) is 72.6 Å². The normalized spacial score (nSPS) is 10.3. The minimum atomic E-state index is -0.375. The number of halogens is 1. The Labute approximate surface area is 191 Å². The molecule has 0 saturated heterocycles. The van der Waals surface area contributed by atoms with Crippen molar-refractivity contribution in [3.8, 4) is 17.2 Å². The van der Waals surface area contributed by atoms with E-state index in [1.807, 2.05) is 18.2 Å². The van der Waals surface area contributed by atoms with Gasteiger partial charge in [0.15, 0.2) is 18.1 Å². The van der Waals surface area contributed by atoms with Crippen molar-refractivity contribution >= 4 is 17.5 Å². The van der Waals surface area contributed by atoms with Gasteiger partial charge in [0.2, 0.25) is 0 Å². The summed E-state index contributed by atoms with van der Waals surface area (Å²) < 4.78 is 28.9. The number of hydrogen-bond acceptors (Lipinski definition) is 5. The highest BCUT2D eigenvalue weighted by molar-refractivity contribution is 6.04. The largest absolute Gasteiger partial charge is 0.493 e. The molecule has 0 aliphatic carbocycles. The van der Waals surface area contributed by atoms with E-state index in [2.05, 4.69) is 10.6 Å². The Morgan fingerprint density at radius 3 is 2.24 bits per heavy atom. The van der Waals surface area contributed by atoms with Crippen LogP contribution in [0.15, 0.2) is 66.7 Å². The highest BCUT2D eigenvalue weighted by Gasteiger charge is 2.09. The third-order valence-electron chi connectivity index (χ3n) is 4.77. The summed E-state index contributed by atoms with van der Waals surface area (Å²) >= 11 is 0. The Morgan fingerprint density at radius 2 is 1.58 bits per heavy atom. The van der Waals surface area contributed by atoms with Gasteiger partial charge in [0.25, 0.3) is 11.8 Å². The van der Waals surface area contributed by atoms with Crippen LogP contribution in [-0.4, -0.2) is 39.2 Å². The van der Waals surface area contributed by atoms with Crippen LogP contribution < -0.4 is 24.8 Å². The molecule has 0 bridgehead atoms. The Balaban J connectivity index is 1.42. The predicted octanol–water partition coefficient (Wildman–Crippen LogP) is 3.83. The minimum Gasteiger partial charge on any atom is -0.493 e. The molecule has 0 unspecified atom stereocenters. The molecular formula is C25H25FN2O5. The summed E-state index contributed by atoms with van der Waals surface area (Å²) in [6.07, 6.45) is 0.629. The Hall–Kier alpha value is -4.07. The molecule has 0 spiro atoms. The average Bonchev–Trinajstić information content (AvgIpc) is 2.84. The molecule has 7 nitrogen and oxygen atoms in total. The van der Waals surface area contributed by atoms with Crippen molar-refractivity contribution in [3.63, 3.8) is 0 Å². The van der Waals surface area contributed by atoms with Crippen molar-refractivity contribution in [2.75, 3.05) is 32.7 Å². The highest BCUT2D eigenvalue weighted by atomic mass is 19.1. The molecule has 0 saturated carbocycles. The summed E-state index contributed by atoms with van der Waals surface area (Å²) in [5.41, 5.74) is 1.90. The van der Waals surface area contributed by atoms with Gasteiger partial charge in [0, 0.05) is 17.8 Å². The molecule has 0 aromatic heterocycles. The van der Waals surface area contributed by atoms with Crippen molar-refractivity contribution in [1.82, 2.24) is 5.32 Å². The Bertz CT molecular complexity index is 1080. The van der Waals surface area contributed by atoms with Crippen LogP contribution in [0.1, 0.15) is 15.9 Å². The molecule has 33 heavy (non-hydrogen) atoms. The number of amides is 2. The van der Waals surface area contributed by atoms with Crippen molar-refractivity contribution in [2.45, 2.75) is 6.42 Å². The van der Waals surface area contributed by atoms with Gasteiger partial charge in [0.1, 0.15) is 11.6 Å². The Kier molecular flexibility index (Phi) is 8.24. The van der Waals surface area contributed by atoms with Crippen LogP contribution in [-0.2, 0) is 11.2 Å². The zero-order valence-electron chi connectivity index (χ0n) is 18.4. The van der Waals surface area contributed by atoms with Crippen LogP contribution >= 0.6 is 0 Å². The standard InChI is InChI=1S/C25H25FN2O5/c1-31-22-12-3-17(15-23(22)32-2)13-14-27-24(29)16-33-21-10-4-18(5-11-21)25(30)28-20-8-6-19(26)7-9-20/h3-12,15H,13-14,16H2,1-2H3,(H,27,29)(H,28,30). The van der Waals surface area contributed by atoms with Gasteiger partial charge in [-0.2, -0.15) is 0 Å². The molecule has 8 heteroatoms. The SMILES string of the molecule is COc1ccc(CCNC(=O)COc2ccc(C(=O)Nc3ccc(F)cc3)cc2)cc1OC. The van der Waals surface area contributed by atoms with E-state index in [1.54, 1.807) is 38.5 Å². The van der Waals surface area contributed by atoms with E-state index in [0.717, 1.165) is 5.56 Å². The average molecular weight is 452 g/mol. The van der Waals surface area contributed by atoms with Gasteiger partial charge in [-0.15, -0.1) is 0 Å². The number of benzene rings is 3. The van der Waals surface area contributed by atoms with Crippen LogP contribution in [0, 0.1) is 5.82 Å². The maximum Gasteiger partial charge on any atom is 0.257 e.